The number of amides is 1. The number of carbonyl (C=O) groups excluding carboxylic acids is 1. The van der Waals surface area contributed by atoms with Gasteiger partial charge in [0.25, 0.3) is 15.9 Å². The van der Waals surface area contributed by atoms with Crippen LogP contribution in [0.1, 0.15) is 15.9 Å². The number of carbonyl (C=O) groups is 1. The summed E-state index contributed by atoms with van der Waals surface area (Å²) >= 11 is 0. The second-order valence-electron chi connectivity index (χ2n) is 4.64. The number of nitrogens with one attached hydrogen (secondary N) is 1. The topological polar surface area (TPSA) is 105 Å². The Balaban J connectivity index is 2.30. The van der Waals surface area contributed by atoms with Crippen LogP contribution >= 0.6 is 0 Å². The lowest BCUT2D eigenvalue weighted by Gasteiger charge is -2.10. The van der Waals surface area contributed by atoms with E-state index in [0.29, 0.717) is 11.5 Å². The molecule has 8 heteroatoms. The molecule has 0 aliphatic carbocycles. The summed E-state index contributed by atoms with van der Waals surface area (Å²) in [7, 11) is -1.24. The number of nitrogens with zero attached hydrogens (tertiary/aromatic N) is 1. The van der Waals surface area contributed by atoms with E-state index in [1.165, 1.54) is 56.7 Å². The van der Waals surface area contributed by atoms with E-state index in [1.807, 2.05) is 10.8 Å². The fraction of sp³-hybridized carbons (Fsp3) is 0.125. The molecule has 0 aromatic heterocycles. The molecule has 2 aromatic rings. The summed E-state index contributed by atoms with van der Waals surface area (Å²) < 4.78 is 36.6. The van der Waals surface area contributed by atoms with Crippen LogP contribution in [0, 0.1) is 11.3 Å². The van der Waals surface area contributed by atoms with E-state index >= 15 is 0 Å². The van der Waals surface area contributed by atoms with Gasteiger partial charge in [-0.05, 0) is 36.4 Å². The normalized spacial score (nSPS) is 10.5. The van der Waals surface area contributed by atoms with Gasteiger partial charge in [0.2, 0.25) is 0 Å². The second kappa shape index (κ2) is 7.02. The molecule has 0 heterocycles. The number of benzene rings is 2. The molecule has 0 aliphatic heterocycles. The number of nitriles is 1. The molecular weight excluding hydrogens is 332 g/mol. The van der Waals surface area contributed by atoms with Gasteiger partial charge in [-0.25, -0.2) is 13.1 Å². The van der Waals surface area contributed by atoms with Gasteiger partial charge >= 0.3 is 0 Å². The molecule has 1 amide bonds. The Labute approximate surface area is 139 Å². The van der Waals surface area contributed by atoms with Crippen molar-refractivity contribution in [2.24, 2.45) is 0 Å². The molecule has 0 saturated heterocycles. The Morgan fingerprint density at radius 2 is 1.79 bits per heavy atom. The molecule has 2 aromatic carbocycles. The average Bonchev–Trinajstić information content (AvgIpc) is 2.60. The summed E-state index contributed by atoms with van der Waals surface area (Å²) in [6, 6.07) is 11.5. The molecule has 124 valence electrons. The lowest BCUT2D eigenvalue weighted by Crippen LogP contribution is -2.30. The molecule has 0 aliphatic rings. The fourth-order valence-electron chi connectivity index (χ4n) is 1.95. The first kappa shape index (κ1) is 17.3. The van der Waals surface area contributed by atoms with Crippen LogP contribution in [0.5, 0.6) is 11.5 Å². The molecule has 7 nitrogen and oxygen atoms in total. The predicted molar refractivity (Wildman–Crippen MR) is 85.4 cm³/mol. The molecule has 0 bridgehead atoms. The highest BCUT2D eigenvalue weighted by Gasteiger charge is 2.20. The average molecular weight is 346 g/mol. The zero-order valence-corrected chi connectivity index (χ0v) is 13.8. The monoisotopic (exact) mass is 346 g/mol. The van der Waals surface area contributed by atoms with Crippen LogP contribution in [0.3, 0.4) is 0 Å². The van der Waals surface area contributed by atoms with Crippen molar-refractivity contribution in [3.8, 4) is 17.6 Å². The van der Waals surface area contributed by atoms with Crippen molar-refractivity contribution in [3.05, 3.63) is 53.6 Å². The third-order valence-electron chi connectivity index (χ3n) is 3.15. The van der Waals surface area contributed by atoms with Crippen molar-refractivity contribution in [1.82, 2.24) is 4.72 Å². The summed E-state index contributed by atoms with van der Waals surface area (Å²) in [4.78, 5) is 12.0. The minimum Gasteiger partial charge on any atom is -0.493 e. The van der Waals surface area contributed by atoms with E-state index in [4.69, 9.17) is 14.7 Å². The van der Waals surface area contributed by atoms with Gasteiger partial charge in [0.05, 0.1) is 30.7 Å². The minimum absolute atomic E-state index is 0.0904. The van der Waals surface area contributed by atoms with Gasteiger partial charge in [-0.1, -0.05) is 6.07 Å². The van der Waals surface area contributed by atoms with Crippen molar-refractivity contribution in [3.63, 3.8) is 0 Å². The molecule has 1 N–H and O–H groups in total. The highest BCUT2D eigenvalue weighted by Crippen LogP contribution is 2.27. The molecule has 0 saturated carbocycles. The smallest absolute Gasteiger partial charge is 0.265 e. The molecule has 0 radical (unpaired) electrons. The molecule has 24 heavy (non-hydrogen) atoms. The molecule has 0 unspecified atom stereocenters. The van der Waals surface area contributed by atoms with Crippen LogP contribution in [0.2, 0.25) is 0 Å². The SMILES string of the molecule is COc1ccc(C(=O)NS(=O)(=O)c2cccc(C#N)c2)cc1OC. The van der Waals surface area contributed by atoms with Gasteiger partial charge in [0.15, 0.2) is 11.5 Å². The highest BCUT2D eigenvalue weighted by molar-refractivity contribution is 7.90. The summed E-state index contributed by atoms with van der Waals surface area (Å²) in [5, 5.41) is 8.84. The van der Waals surface area contributed by atoms with E-state index in [1.54, 1.807) is 0 Å². The van der Waals surface area contributed by atoms with E-state index in [2.05, 4.69) is 0 Å². The standard InChI is InChI=1S/C16H14N2O5S/c1-22-14-7-6-12(9-15(14)23-2)16(19)18-24(20,21)13-5-3-4-11(8-13)10-17/h3-9H,1-2H3,(H,18,19). The van der Waals surface area contributed by atoms with Crippen LogP contribution in [0.25, 0.3) is 0 Å². The lowest BCUT2D eigenvalue weighted by atomic mass is 10.2. The van der Waals surface area contributed by atoms with Crippen molar-refractivity contribution in [2.75, 3.05) is 14.2 Å². The van der Waals surface area contributed by atoms with Gasteiger partial charge in [0.1, 0.15) is 0 Å². The van der Waals surface area contributed by atoms with Crippen molar-refractivity contribution in [1.29, 1.82) is 5.26 Å². The molecule has 0 spiro atoms. The first-order chi connectivity index (χ1) is 11.4. The summed E-state index contributed by atoms with van der Waals surface area (Å²) in [6.07, 6.45) is 0. The third-order valence-corrected chi connectivity index (χ3v) is 4.47. The minimum atomic E-state index is -4.10. The molecule has 0 atom stereocenters. The van der Waals surface area contributed by atoms with Crippen molar-refractivity contribution < 1.29 is 22.7 Å². The van der Waals surface area contributed by atoms with Gasteiger partial charge in [-0.2, -0.15) is 5.26 Å². The Morgan fingerprint density at radius 3 is 2.42 bits per heavy atom. The largest absolute Gasteiger partial charge is 0.493 e. The van der Waals surface area contributed by atoms with E-state index in [0.717, 1.165) is 0 Å². The first-order valence-corrected chi connectivity index (χ1v) is 8.19. The van der Waals surface area contributed by atoms with Crippen LogP contribution in [0.4, 0.5) is 0 Å². The summed E-state index contributed by atoms with van der Waals surface area (Å²) in [5.74, 6) is -0.106. The quantitative estimate of drug-likeness (QED) is 0.883. The Kier molecular flexibility index (Phi) is 5.06. The number of hydrogen-bond donors (Lipinski definition) is 1. The lowest BCUT2D eigenvalue weighted by molar-refractivity contribution is 0.0981. The number of ether oxygens (including phenoxy) is 2. The fourth-order valence-corrected chi connectivity index (χ4v) is 2.97. The van der Waals surface area contributed by atoms with Gasteiger partial charge in [-0.15, -0.1) is 0 Å². The van der Waals surface area contributed by atoms with Crippen LogP contribution in [0.15, 0.2) is 47.4 Å². The van der Waals surface area contributed by atoms with Crippen LogP contribution in [-0.4, -0.2) is 28.5 Å². The van der Waals surface area contributed by atoms with E-state index < -0.39 is 15.9 Å². The third kappa shape index (κ3) is 3.64. The van der Waals surface area contributed by atoms with Crippen molar-refractivity contribution in [2.45, 2.75) is 4.90 Å². The maximum Gasteiger partial charge on any atom is 0.265 e. The number of sulfonamides is 1. The Hall–Kier alpha value is -3.05. The van der Waals surface area contributed by atoms with Crippen LogP contribution < -0.4 is 14.2 Å². The molecule has 0 fully saturated rings. The summed E-state index contributed by atoms with van der Waals surface area (Å²) in [6.45, 7) is 0. The molecular formula is C16H14N2O5S. The van der Waals surface area contributed by atoms with E-state index in [-0.39, 0.29) is 16.0 Å². The van der Waals surface area contributed by atoms with E-state index in [9.17, 15) is 13.2 Å². The van der Waals surface area contributed by atoms with Gasteiger partial charge in [0, 0.05) is 5.56 Å². The molecule has 2 rings (SSSR count). The number of methoxy groups -OCH3 is 2. The van der Waals surface area contributed by atoms with Gasteiger partial charge in [-0.3, -0.25) is 4.79 Å². The Bertz CT molecular complexity index is 916. The number of rotatable bonds is 5. The Morgan fingerprint density at radius 1 is 1.08 bits per heavy atom. The zero-order chi connectivity index (χ0) is 17.7. The zero-order valence-electron chi connectivity index (χ0n) is 12.9. The summed E-state index contributed by atoms with van der Waals surface area (Å²) in [5.41, 5.74) is 0.268. The maximum absolute atomic E-state index is 12.3. The first-order valence-electron chi connectivity index (χ1n) is 6.70. The number of hydrogen-bond acceptors (Lipinski definition) is 6. The van der Waals surface area contributed by atoms with Gasteiger partial charge < -0.3 is 9.47 Å². The highest BCUT2D eigenvalue weighted by atomic mass is 32.2. The second-order valence-corrected chi connectivity index (χ2v) is 6.33. The van der Waals surface area contributed by atoms with Crippen LogP contribution in [-0.2, 0) is 10.0 Å². The predicted octanol–water partition coefficient (Wildman–Crippen LogP) is 1.69. The maximum atomic E-state index is 12.3. The van der Waals surface area contributed by atoms with Crippen molar-refractivity contribution >= 4 is 15.9 Å².